The number of methoxy groups -OCH3 is 1. The first kappa shape index (κ1) is 23.3. The molecule has 0 aliphatic heterocycles. The van der Waals surface area contributed by atoms with Crippen LogP contribution in [0.25, 0.3) is 11.0 Å². The highest BCUT2D eigenvalue weighted by molar-refractivity contribution is 6.32. The lowest BCUT2D eigenvalue weighted by Crippen LogP contribution is -2.42. The summed E-state index contributed by atoms with van der Waals surface area (Å²) in [5.74, 6) is 0.0337. The highest BCUT2D eigenvalue weighted by Gasteiger charge is 2.22. The van der Waals surface area contributed by atoms with Crippen LogP contribution in [0.15, 0.2) is 58.1 Å². The van der Waals surface area contributed by atoms with E-state index in [1.54, 1.807) is 29.8 Å². The average Bonchev–Trinajstić information content (AvgIpc) is 3.16. The molecule has 0 atom stereocenters. The van der Waals surface area contributed by atoms with Crippen LogP contribution in [0.2, 0.25) is 5.02 Å². The van der Waals surface area contributed by atoms with Crippen molar-refractivity contribution in [3.8, 4) is 5.75 Å². The van der Waals surface area contributed by atoms with Gasteiger partial charge in [-0.1, -0.05) is 41.9 Å². The number of amides is 1. The number of carbonyl (C=O) groups excluding carboxylic acids is 1. The molecule has 0 bridgehead atoms. The van der Waals surface area contributed by atoms with E-state index in [1.807, 2.05) is 37.3 Å². The number of halogens is 1. The molecule has 2 aromatic carbocycles. The van der Waals surface area contributed by atoms with Gasteiger partial charge in [-0.05, 0) is 37.6 Å². The number of nitrogens with one attached hydrogen (secondary N) is 1. The maximum absolute atomic E-state index is 13.5. The van der Waals surface area contributed by atoms with Crippen LogP contribution in [-0.2, 0) is 24.4 Å². The number of benzene rings is 2. The smallest absolute Gasteiger partial charge is 0.332 e. The quantitative estimate of drug-likeness (QED) is 0.437. The Morgan fingerprint density at radius 3 is 2.47 bits per heavy atom. The number of carbonyl (C=O) groups is 1. The van der Waals surface area contributed by atoms with Gasteiger partial charge in [-0.25, -0.2) is 4.79 Å². The molecule has 176 valence electrons. The first-order chi connectivity index (χ1) is 16.3. The highest BCUT2D eigenvalue weighted by atomic mass is 35.5. The van der Waals surface area contributed by atoms with Gasteiger partial charge in [-0.2, -0.15) is 5.10 Å². The summed E-state index contributed by atoms with van der Waals surface area (Å²) in [7, 11) is 1.50. The minimum atomic E-state index is -0.581. The first-order valence-corrected chi connectivity index (χ1v) is 11.1. The normalized spacial score (nSPS) is 11.1. The average molecular weight is 482 g/mol. The third-order valence-corrected chi connectivity index (χ3v) is 5.79. The van der Waals surface area contributed by atoms with E-state index in [0.717, 1.165) is 10.1 Å². The molecule has 0 aliphatic rings. The molecular formula is C24H24ClN5O4. The van der Waals surface area contributed by atoms with Crippen molar-refractivity contribution in [2.75, 3.05) is 12.4 Å². The molecule has 0 saturated carbocycles. The fraction of sp³-hybridized carbons (Fsp3) is 0.250. The van der Waals surface area contributed by atoms with E-state index in [4.69, 9.17) is 16.3 Å². The Bertz CT molecular complexity index is 1490. The van der Waals surface area contributed by atoms with Gasteiger partial charge in [-0.15, -0.1) is 0 Å². The van der Waals surface area contributed by atoms with Crippen LogP contribution in [0, 0.1) is 6.92 Å². The number of nitrogens with zero attached hydrogens (tertiary/aromatic N) is 4. The summed E-state index contributed by atoms with van der Waals surface area (Å²) in [5.41, 5.74) is 1.37. The van der Waals surface area contributed by atoms with Crippen molar-refractivity contribution in [2.24, 2.45) is 0 Å². The van der Waals surface area contributed by atoms with Gasteiger partial charge in [0.1, 0.15) is 17.8 Å². The topological polar surface area (TPSA) is 100 Å². The summed E-state index contributed by atoms with van der Waals surface area (Å²) in [6.07, 6.45) is 0. The van der Waals surface area contributed by atoms with Crippen LogP contribution < -0.4 is 21.3 Å². The van der Waals surface area contributed by atoms with Gasteiger partial charge in [-0.3, -0.25) is 23.4 Å². The monoisotopic (exact) mass is 481 g/mol. The molecular weight excluding hydrogens is 458 g/mol. The van der Waals surface area contributed by atoms with E-state index < -0.39 is 17.2 Å². The lowest BCUT2D eigenvalue weighted by Gasteiger charge is -2.14. The zero-order valence-electron chi connectivity index (χ0n) is 19.0. The second kappa shape index (κ2) is 9.56. The molecule has 2 aromatic heterocycles. The van der Waals surface area contributed by atoms with E-state index in [0.29, 0.717) is 34.2 Å². The van der Waals surface area contributed by atoms with Crippen molar-refractivity contribution in [3.63, 3.8) is 0 Å². The summed E-state index contributed by atoms with van der Waals surface area (Å²) < 4.78 is 9.13. The summed E-state index contributed by atoms with van der Waals surface area (Å²) in [6, 6.07) is 14.1. The molecule has 4 aromatic rings. The minimum absolute atomic E-state index is 0.0814. The SMILES string of the molecule is CCn1nc(C)c2c1c(=O)n(Cc1ccccc1)c(=O)n2CC(=O)Nc1ccc(OC)c(Cl)c1. The third-order valence-electron chi connectivity index (χ3n) is 5.50. The Labute approximate surface area is 200 Å². The minimum Gasteiger partial charge on any atom is -0.495 e. The fourth-order valence-corrected chi connectivity index (χ4v) is 4.19. The lowest BCUT2D eigenvalue weighted by atomic mass is 10.2. The Morgan fingerprint density at radius 2 is 1.82 bits per heavy atom. The molecule has 0 unspecified atom stereocenters. The second-order valence-electron chi connectivity index (χ2n) is 7.74. The number of fused-ring (bicyclic) bond motifs is 1. The predicted octanol–water partition coefficient (Wildman–Crippen LogP) is 3.04. The largest absolute Gasteiger partial charge is 0.495 e. The molecule has 0 fully saturated rings. The third kappa shape index (κ3) is 4.34. The molecule has 2 heterocycles. The maximum Gasteiger partial charge on any atom is 0.332 e. The standard InChI is InChI=1S/C24H24ClN5O4/c1-4-30-22-21(15(2)27-30)28(14-20(31)26-17-10-11-19(34-3)18(25)12-17)24(33)29(23(22)32)13-16-8-6-5-7-9-16/h5-12H,4,13-14H2,1-3H3,(H,26,31). The van der Waals surface area contributed by atoms with Gasteiger partial charge < -0.3 is 10.1 Å². The van der Waals surface area contributed by atoms with E-state index >= 15 is 0 Å². The van der Waals surface area contributed by atoms with Crippen LogP contribution in [0.1, 0.15) is 18.2 Å². The Hall–Kier alpha value is -3.85. The van der Waals surface area contributed by atoms with E-state index in [9.17, 15) is 14.4 Å². The summed E-state index contributed by atoms with van der Waals surface area (Å²) in [6.45, 7) is 3.80. The number of hydrogen-bond donors (Lipinski definition) is 1. The molecule has 0 radical (unpaired) electrons. The van der Waals surface area contributed by atoms with Crippen LogP contribution in [0.4, 0.5) is 5.69 Å². The first-order valence-electron chi connectivity index (χ1n) is 10.7. The van der Waals surface area contributed by atoms with Crippen LogP contribution in [0.3, 0.4) is 0 Å². The van der Waals surface area contributed by atoms with Gasteiger partial charge >= 0.3 is 5.69 Å². The van der Waals surface area contributed by atoms with Crippen molar-refractivity contribution in [3.05, 3.63) is 85.6 Å². The molecule has 10 heteroatoms. The van der Waals surface area contributed by atoms with Crippen LogP contribution in [0.5, 0.6) is 5.75 Å². The lowest BCUT2D eigenvalue weighted by molar-refractivity contribution is -0.116. The van der Waals surface area contributed by atoms with E-state index in [2.05, 4.69) is 10.4 Å². The van der Waals surface area contributed by atoms with Gasteiger partial charge in [0.15, 0.2) is 5.52 Å². The van der Waals surface area contributed by atoms with Crippen molar-refractivity contribution >= 4 is 34.2 Å². The van der Waals surface area contributed by atoms with Gasteiger partial charge in [0.25, 0.3) is 5.56 Å². The summed E-state index contributed by atoms with van der Waals surface area (Å²) in [5, 5.41) is 7.51. The van der Waals surface area contributed by atoms with Gasteiger partial charge in [0.2, 0.25) is 5.91 Å². The summed E-state index contributed by atoms with van der Waals surface area (Å²) >= 11 is 6.15. The summed E-state index contributed by atoms with van der Waals surface area (Å²) in [4.78, 5) is 39.7. The molecule has 9 nitrogen and oxygen atoms in total. The molecule has 1 amide bonds. The number of anilines is 1. The molecule has 0 saturated heterocycles. The molecule has 1 N–H and O–H groups in total. The number of ether oxygens (including phenoxy) is 1. The van der Waals surface area contributed by atoms with Gasteiger partial charge in [0, 0.05) is 12.2 Å². The number of hydrogen-bond acceptors (Lipinski definition) is 5. The predicted molar refractivity (Wildman–Crippen MR) is 131 cm³/mol. The molecule has 4 rings (SSSR count). The molecule has 0 spiro atoms. The van der Waals surface area contributed by atoms with Crippen molar-refractivity contribution in [1.82, 2.24) is 18.9 Å². The second-order valence-corrected chi connectivity index (χ2v) is 8.15. The maximum atomic E-state index is 13.5. The van der Waals surface area contributed by atoms with Crippen molar-refractivity contribution < 1.29 is 9.53 Å². The zero-order valence-corrected chi connectivity index (χ0v) is 19.8. The molecule has 34 heavy (non-hydrogen) atoms. The molecule has 0 aliphatic carbocycles. The number of aryl methyl sites for hydroxylation is 2. The Morgan fingerprint density at radius 1 is 1.09 bits per heavy atom. The van der Waals surface area contributed by atoms with Crippen LogP contribution in [-0.4, -0.2) is 31.9 Å². The van der Waals surface area contributed by atoms with Crippen molar-refractivity contribution in [1.29, 1.82) is 0 Å². The number of aromatic nitrogens is 4. The Balaban J connectivity index is 1.78. The highest BCUT2D eigenvalue weighted by Crippen LogP contribution is 2.27. The van der Waals surface area contributed by atoms with Gasteiger partial charge in [0.05, 0.1) is 24.4 Å². The zero-order chi connectivity index (χ0) is 24.4. The fourth-order valence-electron chi connectivity index (χ4n) is 3.93. The Kier molecular flexibility index (Phi) is 6.56. The number of rotatable bonds is 7. The van der Waals surface area contributed by atoms with E-state index in [1.165, 1.54) is 11.7 Å². The van der Waals surface area contributed by atoms with Crippen LogP contribution >= 0.6 is 11.6 Å². The van der Waals surface area contributed by atoms with E-state index in [-0.39, 0.29) is 18.6 Å². The van der Waals surface area contributed by atoms with Crippen molar-refractivity contribution in [2.45, 2.75) is 33.5 Å².